The second-order valence-corrected chi connectivity index (χ2v) is 14.3. The number of fused-ring (bicyclic) bond motifs is 1. The number of likely N-dealkylation sites (tertiary alicyclic amines) is 1. The summed E-state index contributed by atoms with van der Waals surface area (Å²) in [7, 11) is 0. The van der Waals surface area contributed by atoms with Crippen LogP contribution in [0.1, 0.15) is 88.9 Å². The lowest BCUT2D eigenvalue weighted by atomic mass is 9.78. The van der Waals surface area contributed by atoms with E-state index in [0.717, 1.165) is 10.2 Å². The third kappa shape index (κ3) is 9.11. The van der Waals surface area contributed by atoms with Gasteiger partial charge < -0.3 is 25.4 Å². The van der Waals surface area contributed by atoms with E-state index in [-0.39, 0.29) is 34.4 Å². The number of primary amides is 1. The molecule has 0 saturated carbocycles. The summed E-state index contributed by atoms with van der Waals surface area (Å²) in [6, 6.07) is 11.6. The highest BCUT2D eigenvalue weighted by molar-refractivity contribution is 5.98. The van der Waals surface area contributed by atoms with Gasteiger partial charge in [0, 0.05) is 36.8 Å². The van der Waals surface area contributed by atoms with Gasteiger partial charge in [0.15, 0.2) is 0 Å². The number of nitrogens with zero attached hydrogens (tertiary/aromatic N) is 4. The van der Waals surface area contributed by atoms with Crippen LogP contribution in [0.2, 0.25) is 0 Å². The smallest absolute Gasteiger partial charge is 0.282 e. The van der Waals surface area contributed by atoms with Gasteiger partial charge in [-0.25, -0.2) is 9.37 Å². The van der Waals surface area contributed by atoms with Gasteiger partial charge in [0.25, 0.3) is 17.4 Å². The fraction of sp³-hybridized carbons (Fsp3) is 0.405. The number of carbonyl (C=O) groups excluding carboxylic acids is 2. The zero-order valence-electron chi connectivity index (χ0n) is 32.7. The Morgan fingerprint density at radius 1 is 1.09 bits per heavy atom. The molecule has 2 aliphatic rings. The van der Waals surface area contributed by atoms with Crippen molar-refractivity contribution in [2.45, 2.75) is 73.8 Å². The summed E-state index contributed by atoms with van der Waals surface area (Å²) < 4.78 is 27.6. The van der Waals surface area contributed by atoms with Crippen LogP contribution < -0.4 is 16.6 Å². The summed E-state index contributed by atoms with van der Waals surface area (Å²) in [6.45, 7) is 23.3. The Kier molecular flexibility index (Phi) is 13.7. The number of carbonyl (C=O) groups is 2. The number of nitrogens with two attached hydrogens (primary N) is 1. The third-order valence-corrected chi connectivity index (χ3v) is 8.89. The second kappa shape index (κ2) is 17.7. The highest BCUT2D eigenvalue weighted by Gasteiger charge is 2.50. The number of nitrogens with one attached hydrogen (secondary N) is 1. The number of ether oxygens (including phenoxy) is 2. The molecule has 54 heavy (non-hydrogen) atoms. The van der Waals surface area contributed by atoms with Crippen LogP contribution in [-0.4, -0.2) is 64.4 Å². The number of halogens is 1. The summed E-state index contributed by atoms with van der Waals surface area (Å²) in [5, 5.41) is 7.68. The minimum absolute atomic E-state index is 0.00303. The number of anilines is 1. The molecule has 4 heterocycles. The number of hydrogen-bond acceptors (Lipinski definition) is 8. The Morgan fingerprint density at radius 3 is 2.33 bits per heavy atom. The molecule has 2 aromatic heterocycles. The minimum atomic E-state index is -0.767. The van der Waals surface area contributed by atoms with Gasteiger partial charge in [0.2, 0.25) is 0 Å². The number of allylic oxidation sites excluding steroid dienone is 2. The topological polar surface area (TPSA) is 142 Å². The quantitative estimate of drug-likeness (QED) is 0.129. The molecule has 3 N–H and O–H groups in total. The van der Waals surface area contributed by atoms with Gasteiger partial charge in [-0.3, -0.25) is 14.4 Å². The van der Waals surface area contributed by atoms with Crippen molar-refractivity contribution in [3.05, 3.63) is 112 Å². The molecule has 6 rings (SSSR count). The van der Waals surface area contributed by atoms with Gasteiger partial charge in [0.1, 0.15) is 17.3 Å². The lowest BCUT2D eigenvalue weighted by Gasteiger charge is -2.54. The first kappa shape index (κ1) is 41.6. The van der Waals surface area contributed by atoms with E-state index in [2.05, 4.69) is 35.8 Å². The maximum Gasteiger partial charge on any atom is 0.282 e. The predicted molar refractivity (Wildman–Crippen MR) is 212 cm³/mol. The molecule has 0 bridgehead atoms. The molecule has 0 radical (unpaired) electrons. The number of rotatable bonds is 10. The average molecular weight is 741 g/mol. The minimum Gasteiger partial charge on any atom is -0.380 e. The second-order valence-electron chi connectivity index (χ2n) is 14.3. The van der Waals surface area contributed by atoms with E-state index in [1.807, 2.05) is 41.5 Å². The fourth-order valence-corrected chi connectivity index (χ4v) is 6.08. The van der Waals surface area contributed by atoms with Crippen molar-refractivity contribution in [3.8, 4) is 5.69 Å². The SMILES string of the molecule is C=C(/C=C(/Nc1ccc(C(=O)N2CC3(COC3)C2)cn1)C(N)=O)c1cccc(-n2ncc3cc(C(C)(C)C)cc(F)c3c2=O)c1COCC.CC.CCC. The number of pyridine rings is 1. The van der Waals surface area contributed by atoms with Crippen LogP contribution in [0.25, 0.3) is 22.0 Å². The van der Waals surface area contributed by atoms with Gasteiger partial charge in [-0.2, -0.15) is 9.78 Å². The van der Waals surface area contributed by atoms with Crippen LogP contribution in [0.15, 0.2) is 78.0 Å². The maximum absolute atomic E-state index is 15.4. The summed E-state index contributed by atoms with van der Waals surface area (Å²) >= 11 is 0. The molecule has 2 aliphatic heterocycles. The summed E-state index contributed by atoms with van der Waals surface area (Å²) in [5.74, 6) is -1.21. The summed E-state index contributed by atoms with van der Waals surface area (Å²) in [4.78, 5) is 45.2. The van der Waals surface area contributed by atoms with Crippen molar-refractivity contribution in [1.29, 1.82) is 0 Å². The molecule has 1 spiro atoms. The van der Waals surface area contributed by atoms with E-state index in [1.165, 1.54) is 31.0 Å². The van der Waals surface area contributed by atoms with Crippen LogP contribution in [-0.2, 0) is 26.3 Å². The van der Waals surface area contributed by atoms with E-state index < -0.39 is 17.3 Å². The molecule has 2 amide bonds. The number of benzene rings is 2. The highest BCUT2D eigenvalue weighted by atomic mass is 19.1. The summed E-state index contributed by atoms with van der Waals surface area (Å²) in [5.41, 5.74) is 7.94. The zero-order valence-corrected chi connectivity index (χ0v) is 32.7. The Balaban J connectivity index is 0.00000124. The maximum atomic E-state index is 15.4. The molecule has 12 heteroatoms. The Labute approximate surface area is 317 Å². The average Bonchev–Trinajstić information content (AvgIpc) is 3.10. The molecule has 2 aromatic carbocycles. The molecular weight excluding hydrogens is 687 g/mol. The monoisotopic (exact) mass is 740 g/mol. The fourth-order valence-electron chi connectivity index (χ4n) is 6.08. The molecule has 0 atom stereocenters. The number of hydrogen-bond donors (Lipinski definition) is 2. The Morgan fingerprint density at radius 2 is 1.78 bits per heavy atom. The first-order valence-electron chi connectivity index (χ1n) is 18.4. The van der Waals surface area contributed by atoms with E-state index in [0.29, 0.717) is 72.1 Å². The van der Waals surface area contributed by atoms with Crippen LogP contribution in [0, 0.1) is 11.2 Å². The van der Waals surface area contributed by atoms with E-state index >= 15 is 4.39 Å². The predicted octanol–water partition coefficient (Wildman–Crippen LogP) is 7.16. The number of amides is 2. The van der Waals surface area contributed by atoms with Crippen molar-refractivity contribution in [3.63, 3.8) is 0 Å². The third-order valence-electron chi connectivity index (χ3n) is 8.89. The molecule has 11 nitrogen and oxygen atoms in total. The highest BCUT2D eigenvalue weighted by Crippen LogP contribution is 2.38. The lowest BCUT2D eigenvalue weighted by molar-refractivity contribution is -0.176. The Bertz CT molecular complexity index is 2070. The molecule has 2 fully saturated rings. The number of aromatic nitrogens is 3. The summed E-state index contributed by atoms with van der Waals surface area (Å²) in [6.07, 6.45) is 5.65. The first-order chi connectivity index (χ1) is 25.7. The van der Waals surface area contributed by atoms with Crippen molar-refractivity contribution in [2.24, 2.45) is 11.1 Å². The van der Waals surface area contributed by atoms with Crippen molar-refractivity contribution >= 4 is 34.0 Å². The van der Waals surface area contributed by atoms with Crippen LogP contribution in [0.4, 0.5) is 10.2 Å². The molecule has 2 saturated heterocycles. The molecule has 288 valence electrons. The van der Waals surface area contributed by atoms with Gasteiger partial charge in [0.05, 0.1) is 48.1 Å². The van der Waals surface area contributed by atoms with Crippen molar-refractivity contribution in [1.82, 2.24) is 19.7 Å². The normalized spacial score (nSPS) is 14.5. The van der Waals surface area contributed by atoms with Gasteiger partial charge in [-0.1, -0.05) is 73.6 Å². The molecule has 0 aliphatic carbocycles. The van der Waals surface area contributed by atoms with Crippen LogP contribution in [0.5, 0.6) is 0 Å². The molecular formula is C42H53FN6O5. The lowest BCUT2D eigenvalue weighted by Crippen LogP contribution is -2.67. The van der Waals surface area contributed by atoms with Gasteiger partial charge >= 0.3 is 0 Å². The van der Waals surface area contributed by atoms with Crippen molar-refractivity contribution < 1.29 is 23.5 Å². The largest absolute Gasteiger partial charge is 0.380 e. The molecule has 4 aromatic rings. The van der Waals surface area contributed by atoms with E-state index in [1.54, 1.807) is 41.3 Å². The van der Waals surface area contributed by atoms with Crippen molar-refractivity contribution in [2.75, 3.05) is 38.2 Å². The first-order valence-corrected chi connectivity index (χ1v) is 18.4. The van der Waals surface area contributed by atoms with Crippen LogP contribution in [0.3, 0.4) is 0 Å². The van der Waals surface area contributed by atoms with Gasteiger partial charge in [-0.05, 0) is 65.4 Å². The standard InChI is InChI=1S/C37H39FN6O5.C3H8.C2H6/c1-6-48-17-27-26(8-7-9-30(27)44-35(47)32-24(16-41-44)13-25(14-28(32)38)36(3,4)5)22(2)12-29(33(39)45)42-31-11-10-23(15-40-31)34(46)43-18-37(19-43)20-49-21-37;1-3-2;1-2/h7-16H,2,6,17-21H2,1,3-5H3,(H2,39,45)(H,40,42);3H2,1-2H3;1-2H3/b29-12+;;. The zero-order chi connectivity index (χ0) is 39.8. The van der Waals surface area contributed by atoms with E-state index in [4.69, 9.17) is 15.2 Å². The van der Waals surface area contributed by atoms with Crippen LogP contribution >= 0.6 is 0 Å². The molecule has 0 unspecified atom stereocenters. The Hall–Kier alpha value is -5.20. The van der Waals surface area contributed by atoms with Gasteiger partial charge in [-0.15, -0.1) is 0 Å². The van der Waals surface area contributed by atoms with E-state index in [9.17, 15) is 14.4 Å².